The molecule has 1 nitrogen and oxygen atoms in total. The molecule has 0 heterocycles. The molecule has 1 aromatic rings. The minimum atomic E-state index is -0.611. The Kier molecular flexibility index (Phi) is 6.42. The smallest absolute Gasteiger partial charge is 0.0946 e. The molecule has 0 bridgehead atoms. The Bertz CT molecular complexity index is 174. The van der Waals surface area contributed by atoms with Crippen molar-refractivity contribution in [1.82, 2.24) is 0 Å². The molecule has 1 rings (SSSR count). The summed E-state index contributed by atoms with van der Waals surface area (Å²) in [5, 5.41) is 0.794. The number of benzene rings is 1. The van der Waals surface area contributed by atoms with Gasteiger partial charge in [0.05, 0.1) is 12.5 Å². The zero-order chi connectivity index (χ0) is 8.69. The highest BCUT2D eigenvalue weighted by Gasteiger charge is 1.74. The van der Waals surface area contributed by atoms with E-state index >= 15 is 0 Å². The van der Waals surface area contributed by atoms with Gasteiger partial charge in [-0.15, -0.1) is 0 Å². The Morgan fingerprint density at radius 2 is 1.55 bits per heavy atom. The standard InChI is InChI=1S/C6H5Cl.C2H6OS/c7-6-4-2-1-3-5-6;1-4(2)3/h1-5H;1-2H3. The fraction of sp³-hybridized carbons (Fsp3) is 0.250. The lowest BCUT2D eigenvalue weighted by Gasteiger charge is -1.87. The molecule has 0 saturated heterocycles. The summed E-state index contributed by atoms with van der Waals surface area (Å²) in [5.74, 6) is 0. The van der Waals surface area contributed by atoms with Crippen LogP contribution in [0, 0.1) is 0 Å². The van der Waals surface area contributed by atoms with Gasteiger partial charge in [-0.2, -0.15) is 0 Å². The molecule has 3 heteroatoms. The maximum Gasteiger partial charge on any atom is 0.0946 e. The zero-order valence-corrected chi connectivity index (χ0v) is 8.15. The lowest BCUT2D eigenvalue weighted by molar-refractivity contribution is 0.606. The van der Waals surface area contributed by atoms with E-state index in [1.807, 2.05) is 30.3 Å². The highest BCUT2D eigenvalue weighted by atomic mass is 35.5. The summed E-state index contributed by atoms with van der Waals surface area (Å²) in [5.41, 5.74) is 0. The summed E-state index contributed by atoms with van der Waals surface area (Å²) in [4.78, 5) is 0. The molecular weight excluding hydrogens is 180 g/mol. The van der Waals surface area contributed by atoms with E-state index in [0.717, 1.165) is 5.02 Å². The first-order valence-corrected chi connectivity index (χ1v) is 5.43. The lowest BCUT2D eigenvalue weighted by Crippen LogP contribution is -1.86. The summed E-state index contributed by atoms with van der Waals surface area (Å²) in [6.45, 7) is 0. The molecule has 0 aliphatic rings. The van der Waals surface area contributed by atoms with Crippen LogP contribution in [-0.2, 0) is 11.2 Å². The zero-order valence-electron chi connectivity index (χ0n) is 6.58. The van der Waals surface area contributed by atoms with Crippen LogP contribution in [0.25, 0.3) is 0 Å². The monoisotopic (exact) mass is 190 g/mol. The van der Waals surface area contributed by atoms with Crippen molar-refractivity contribution in [3.8, 4) is 0 Å². The summed E-state index contributed by atoms with van der Waals surface area (Å²) in [6.07, 6.45) is 3.28. The van der Waals surface area contributed by atoms with Crippen LogP contribution >= 0.6 is 11.6 Å². The second-order valence-electron chi connectivity index (χ2n) is 2.04. The molecule has 0 aliphatic heterocycles. The summed E-state index contributed by atoms with van der Waals surface area (Å²) in [6, 6.07) is 9.44. The normalized spacial score (nSPS) is 8.82. The Balaban J connectivity index is 0.000000218. The summed E-state index contributed by atoms with van der Waals surface area (Å²) >= 11 is 4.93. The van der Waals surface area contributed by atoms with Gasteiger partial charge in [-0.05, 0) is 12.1 Å². The van der Waals surface area contributed by atoms with Crippen LogP contribution in [0.15, 0.2) is 30.3 Å². The molecule has 0 aliphatic carbocycles. The first kappa shape index (κ1) is 10.8. The molecule has 0 unspecified atom stereocenters. The van der Waals surface area contributed by atoms with Gasteiger partial charge in [-0.3, -0.25) is 0 Å². The second kappa shape index (κ2) is 6.53. The molecule has 1 aromatic carbocycles. The molecule has 0 atom stereocenters. The van der Waals surface area contributed by atoms with E-state index in [-0.39, 0.29) is 0 Å². The Morgan fingerprint density at radius 3 is 1.73 bits per heavy atom. The van der Waals surface area contributed by atoms with Crippen molar-refractivity contribution in [3.63, 3.8) is 0 Å². The molecule has 0 N–H and O–H groups in total. The molecule has 0 spiro atoms. The lowest BCUT2D eigenvalue weighted by atomic mass is 10.4. The van der Waals surface area contributed by atoms with Crippen LogP contribution in [0.3, 0.4) is 0 Å². The average Bonchev–Trinajstić information content (AvgIpc) is 1.87. The maximum absolute atomic E-state index is 9.56. The third kappa shape index (κ3) is 9.82. The van der Waals surface area contributed by atoms with Crippen molar-refractivity contribution in [1.29, 1.82) is 0 Å². The fourth-order valence-electron chi connectivity index (χ4n) is 0.415. The molecule has 0 radical (unpaired) electrons. The van der Waals surface area contributed by atoms with Crippen molar-refractivity contribution in [3.05, 3.63) is 35.4 Å². The van der Waals surface area contributed by atoms with Crippen LogP contribution in [0.4, 0.5) is 0 Å². The molecular formula is C8H11ClOS. The Hall–Kier alpha value is -0.180. The fourth-order valence-corrected chi connectivity index (χ4v) is 0.560. The van der Waals surface area contributed by atoms with Crippen molar-refractivity contribution >= 4 is 22.8 Å². The van der Waals surface area contributed by atoms with Crippen molar-refractivity contribution < 1.29 is 4.55 Å². The summed E-state index contributed by atoms with van der Waals surface area (Å²) < 4.78 is 9.56. The van der Waals surface area contributed by atoms with E-state index in [0.29, 0.717) is 0 Å². The third-order valence-corrected chi connectivity index (χ3v) is 0.985. The van der Waals surface area contributed by atoms with Crippen molar-refractivity contribution in [2.45, 2.75) is 0 Å². The van der Waals surface area contributed by atoms with E-state index in [1.165, 1.54) is 0 Å². The van der Waals surface area contributed by atoms with Gasteiger partial charge in [0.25, 0.3) is 0 Å². The average molecular weight is 191 g/mol. The Morgan fingerprint density at radius 1 is 1.18 bits per heavy atom. The van der Waals surface area contributed by atoms with Crippen molar-refractivity contribution in [2.75, 3.05) is 12.5 Å². The van der Waals surface area contributed by atoms with Crippen LogP contribution in [0.5, 0.6) is 0 Å². The van der Waals surface area contributed by atoms with E-state index < -0.39 is 11.2 Å². The topological polar surface area (TPSA) is 23.1 Å². The third-order valence-electron chi connectivity index (χ3n) is 0.733. The minimum Gasteiger partial charge on any atom is -0.617 e. The molecule has 11 heavy (non-hydrogen) atoms. The van der Waals surface area contributed by atoms with E-state index in [1.54, 1.807) is 12.5 Å². The second-order valence-corrected chi connectivity index (χ2v) is 3.96. The number of hydrogen-bond donors (Lipinski definition) is 0. The Labute approximate surface area is 75.6 Å². The summed E-state index contributed by atoms with van der Waals surface area (Å²) in [7, 11) is 0. The first-order chi connectivity index (χ1) is 5.13. The van der Waals surface area contributed by atoms with Gasteiger partial charge in [0.2, 0.25) is 0 Å². The van der Waals surface area contributed by atoms with Crippen LogP contribution in [0.2, 0.25) is 5.02 Å². The van der Waals surface area contributed by atoms with Gasteiger partial charge in [-0.25, -0.2) is 0 Å². The molecule has 0 amide bonds. The number of halogens is 1. The predicted octanol–water partition coefficient (Wildman–Crippen LogP) is 2.33. The van der Waals surface area contributed by atoms with Crippen LogP contribution in [0.1, 0.15) is 0 Å². The highest BCUT2D eigenvalue weighted by Crippen LogP contribution is 2.03. The van der Waals surface area contributed by atoms with Gasteiger partial charge in [0.15, 0.2) is 0 Å². The molecule has 0 saturated carbocycles. The molecule has 0 fully saturated rings. The highest BCUT2D eigenvalue weighted by molar-refractivity contribution is 7.89. The largest absolute Gasteiger partial charge is 0.617 e. The van der Waals surface area contributed by atoms with Crippen LogP contribution in [-0.4, -0.2) is 17.1 Å². The van der Waals surface area contributed by atoms with Gasteiger partial charge in [-0.1, -0.05) is 41.0 Å². The van der Waals surface area contributed by atoms with E-state index in [9.17, 15) is 4.55 Å². The minimum absolute atomic E-state index is 0.611. The SMILES string of the molecule is C[S+](C)[O-].Clc1ccccc1. The van der Waals surface area contributed by atoms with E-state index in [4.69, 9.17) is 11.6 Å². The quantitative estimate of drug-likeness (QED) is 0.576. The predicted molar refractivity (Wildman–Crippen MR) is 51.4 cm³/mol. The first-order valence-electron chi connectivity index (χ1n) is 3.08. The van der Waals surface area contributed by atoms with Gasteiger partial charge in [0, 0.05) is 5.02 Å². The number of rotatable bonds is 0. The van der Waals surface area contributed by atoms with Gasteiger partial charge >= 0.3 is 0 Å². The van der Waals surface area contributed by atoms with Crippen LogP contribution < -0.4 is 0 Å². The molecule has 0 aromatic heterocycles. The van der Waals surface area contributed by atoms with Crippen molar-refractivity contribution in [2.24, 2.45) is 0 Å². The number of hydrogen-bond acceptors (Lipinski definition) is 1. The van der Waals surface area contributed by atoms with E-state index in [2.05, 4.69) is 0 Å². The molecule has 62 valence electrons. The maximum atomic E-state index is 9.56. The van der Waals surface area contributed by atoms with Gasteiger partial charge < -0.3 is 4.55 Å². The van der Waals surface area contributed by atoms with Gasteiger partial charge in [0.1, 0.15) is 0 Å².